The third kappa shape index (κ3) is 4.35. The highest BCUT2D eigenvalue weighted by atomic mass is 32.2. The minimum absolute atomic E-state index is 0.000770. The van der Waals surface area contributed by atoms with Crippen LogP contribution in [0.5, 0.6) is 5.75 Å². The number of benzene rings is 1. The summed E-state index contributed by atoms with van der Waals surface area (Å²) in [6.45, 7) is 4.10. The summed E-state index contributed by atoms with van der Waals surface area (Å²) in [5, 5.41) is 1.95. The lowest BCUT2D eigenvalue weighted by Gasteiger charge is -2.33. The lowest BCUT2D eigenvalue weighted by molar-refractivity contribution is -0.131. The molecule has 0 aliphatic carbocycles. The first-order chi connectivity index (χ1) is 14.3. The number of hydrogen-bond donors (Lipinski definition) is 0. The highest BCUT2D eigenvalue weighted by Gasteiger charge is 2.26. The number of sulfonamides is 1. The largest absolute Gasteiger partial charge is 0.494 e. The van der Waals surface area contributed by atoms with Crippen molar-refractivity contribution in [1.29, 1.82) is 0 Å². The molecule has 0 saturated carbocycles. The number of hydrogen-bond acceptors (Lipinski definition) is 6. The lowest BCUT2D eigenvalue weighted by Crippen LogP contribution is -2.50. The summed E-state index contributed by atoms with van der Waals surface area (Å²) in [6.07, 6.45) is 3.41. The van der Waals surface area contributed by atoms with Gasteiger partial charge in [-0.05, 0) is 31.2 Å². The van der Waals surface area contributed by atoms with Gasteiger partial charge in [0.15, 0.2) is 4.96 Å². The second kappa shape index (κ2) is 8.37. The number of imidazole rings is 1. The van der Waals surface area contributed by atoms with Crippen LogP contribution in [-0.2, 0) is 21.2 Å². The van der Waals surface area contributed by atoms with Gasteiger partial charge in [-0.25, -0.2) is 13.4 Å². The van der Waals surface area contributed by atoms with Crippen molar-refractivity contribution in [3.05, 3.63) is 41.5 Å². The van der Waals surface area contributed by atoms with E-state index in [1.807, 2.05) is 47.2 Å². The van der Waals surface area contributed by atoms with Crippen molar-refractivity contribution in [2.45, 2.75) is 13.3 Å². The van der Waals surface area contributed by atoms with E-state index in [0.29, 0.717) is 32.8 Å². The zero-order valence-corrected chi connectivity index (χ0v) is 18.6. The fourth-order valence-corrected chi connectivity index (χ4v) is 5.22. The third-order valence-electron chi connectivity index (χ3n) is 5.14. The highest BCUT2D eigenvalue weighted by Crippen LogP contribution is 2.26. The number of nitrogens with zero attached hydrogens (tertiary/aromatic N) is 4. The fourth-order valence-electron chi connectivity index (χ4n) is 3.52. The van der Waals surface area contributed by atoms with Crippen molar-refractivity contribution in [3.8, 4) is 17.0 Å². The van der Waals surface area contributed by atoms with Crippen LogP contribution in [0.15, 0.2) is 35.8 Å². The Morgan fingerprint density at radius 3 is 2.50 bits per heavy atom. The number of rotatable bonds is 6. The summed E-state index contributed by atoms with van der Waals surface area (Å²) in [7, 11) is -3.21. The predicted molar refractivity (Wildman–Crippen MR) is 116 cm³/mol. The van der Waals surface area contributed by atoms with Crippen molar-refractivity contribution < 1.29 is 17.9 Å². The van der Waals surface area contributed by atoms with Gasteiger partial charge in [0.1, 0.15) is 5.75 Å². The van der Waals surface area contributed by atoms with E-state index in [4.69, 9.17) is 4.74 Å². The zero-order valence-electron chi connectivity index (χ0n) is 16.9. The van der Waals surface area contributed by atoms with Gasteiger partial charge in [0.2, 0.25) is 15.9 Å². The van der Waals surface area contributed by atoms with Gasteiger partial charge < -0.3 is 9.64 Å². The quantitative estimate of drug-likeness (QED) is 0.577. The van der Waals surface area contributed by atoms with Gasteiger partial charge in [0.25, 0.3) is 0 Å². The van der Waals surface area contributed by atoms with E-state index >= 15 is 0 Å². The first kappa shape index (κ1) is 20.8. The van der Waals surface area contributed by atoms with Crippen LogP contribution in [0.25, 0.3) is 16.2 Å². The van der Waals surface area contributed by atoms with Crippen molar-refractivity contribution in [1.82, 2.24) is 18.6 Å². The monoisotopic (exact) mass is 448 g/mol. The lowest BCUT2D eigenvalue weighted by atomic mass is 10.1. The molecule has 30 heavy (non-hydrogen) atoms. The van der Waals surface area contributed by atoms with Gasteiger partial charge in [-0.2, -0.15) is 4.31 Å². The van der Waals surface area contributed by atoms with Crippen LogP contribution in [0, 0.1) is 0 Å². The van der Waals surface area contributed by atoms with Crippen molar-refractivity contribution >= 4 is 32.2 Å². The van der Waals surface area contributed by atoms with Gasteiger partial charge in [0.05, 0.1) is 25.0 Å². The van der Waals surface area contributed by atoms with Crippen molar-refractivity contribution in [2.75, 3.05) is 39.0 Å². The number of piperazine rings is 1. The average molecular weight is 449 g/mol. The number of carbonyl (C=O) groups excluding carboxylic acids is 1. The molecule has 0 bridgehead atoms. The molecule has 0 spiro atoms. The SMILES string of the molecule is CCOc1ccc(-c2cn3c(CC(=O)N4CCN(S(C)(=O)=O)CC4)csc3n2)cc1. The topological polar surface area (TPSA) is 84.2 Å². The van der Waals surface area contributed by atoms with E-state index in [0.717, 1.165) is 27.7 Å². The standard InChI is InChI=1S/C20H24N4O4S2/c1-3-28-17-6-4-15(5-7-17)18-13-24-16(14-29-20(24)21-18)12-19(25)22-8-10-23(11-9-22)30(2,26)27/h4-7,13-14H,3,8-12H2,1-2H3. The number of amides is 1. The van der Waals surface area contributed by atoms with Crippen LogP contribution in [0.3, 0.4) is 0 Å². The third-order valence-corrected chi connectivity index (χ3v) is 7.33. The Kier molecular flexibility index (Phi) is 5.81. The Labute approximate surface area is 179 Å². The molecule has 3 heterocycles. The first-order valence-corrected chi connectivity index (χ1v) is 12.5. The molecule has 3 aromatic rings. The van der Waals surface area contributed by atoms with Crippen molar-refractivity contribution in [2.24, 2.45) is 0 Å². The Bertz CT molecular complexity index is 1140. The smallest absolute Gasteiger partial charge is 0.228 e. The molecule has 1 aromatic carbocycles. The molecule has 0 radical (unpaired) electrons. The van der Waals surface area contributed by atoms with E-state index in [1.54, 1.807) is 4.90 Å². The minimum atomic E-state index is -3.21. The molecule has 2 aromatic heterocycles. The van der Waals surface area contributed by atoms with E-state index in [9.17, 15) is 13.2 Å². The maximum atomic E-state index is 12.8. The molecular weight excluding hydrogens is 424 g/mol. The van der Waals surface area contributed by atoms with E-state index in [1.165, 1.54) is 21.9 Å². The van der Waals surface area contributed by atoms with Crippen LogP contribution < -0.4 is 4.74 Å². The minimum Gasteiger partial charge on any atom is -0.494 e. The summed E-state index contributed by atoms with van der Waals surface area (Å²) in [6, 6.07) is 7.80. The van der Waals surface area contributed by atoms with Crippen LogP contribution in [0.4, 0.5) is 0 Å². The predicted octanol–water partition coefficient (Wildman–Crippen LogP) is 2.11. The van der Waals surface area contributed by atoms with Crippen LogP contribution >= 0.6 is 11.3 Å². The number of fused-ring (bicyclic) bond motifs is 1. The van der Waals surface area contributed by atoms with Crippen molar-refractivity contribution in [3.63, 3.8) is 0 Å². The molecule has 0 unspecified atom stereocenters. The van der Waals surface area contributed by atoms with E-state index in [2.05, 4.69) is 4.98 Å². The molecule has 1 saturated heterocycles. The van der Waals surface area contributed by atoms with Gasteiger partial charge in [-0.1, -0.05) is 0 Å². The maximum absolute atomic E-state index is 12.8. The Hall–Kier alpha value is -2.43. The van der Waals surface area contributed by atoms with Crippen LogP contribution in [0.1, 0.15) is 12.6 Å². The van der Waals surface area contributed by atoms with E-state index < -0.39 is 10.0 Å². The number of carbonyl (C=O) groups is 1. The summed E-state index contributed by atoms with van der Waals surface area (Å²) < 4.78 is 32.1. The number of ether oxygens (including phenoxy) is 1. The Morgan fingerprint density at radius 1 is 1.17 bits per heavy atom. The first-order valence-electron chi connectivity index (χ1n) is 9.76. The molecule has 1 aliphatic heterocycles. The zero-order chi connectivity index (χ0) is 21.3. The Balaban J connectivity index is 1.46. The Morgan fingerprint density at radius 2 is 1.87 bits per heavy atom. The molecule has 0 N–H and O–H groups in total. The van der Waals surface area contributed by atoms with Gasteiger partial charge >= 0.3 is 0 Å². The number of aromatic nitrogens is 2. The fraction of sp³-hybridized carbons (Fsp3) is 0.400. The van der Waals surface area contributed by atoms with Gasteiger partial charge in [0, 0.05) is 49.0 Å². The molecule has 160 valence electrons. The molecule has 1 amide bonds. The van der Waals surface area contributed by atoms with Gasteiger partial charge in [-0.15, -0.1) is 11.3 Å². The summed E-state index contributed by atoms with van der Waals surface area (Å²) in [4.78, 5) is 20.0. The molecule has 0 atom stereocenters. The summed E-state index contributed by atoms with van der Waals surface area (Å²) in [5.41, 5.74) is 2.72. The highest BCUT2D eigenvalue weighted by molar-refractivity contribution is 7.88. The molecule has 10 heteroatoms. The molecule has 1 aliphatic rings. The summed E-state index contributed by atoms with van der Waals surface area (Å²) >= 11 is 1.50. The average Bonchev–Trinajstić information content (AvgIpc) is 3.30. The van der Waals surface area contributed by atoms with E-state index in [-0.39, 0.29) is 12.3 Å². The van der Waals surface area contributed by atoms with Crippen LogP contribution in [0.2, 0.25) is 0 Å². The van der Waals surface area contributed by atoms with Crippen LogP contribution in [-0.4, -0.2) is 72.0 Å². The molecule has 1 fully saturated rings. The van der Waals surface area contributed by atoms with Gasteiger partial charge in [-0.3, -0.25) is 9.20 Å². The maximum Gasteiger partial charge on any atom is 0.228 e. The molecular formula is C20H24N4O4S2. The molecule has 4 rings (SSSR count). The molecule has 8 nitrogen and oxygen atoms in total. The normalized spacial score (nSPS) is 15.6. The number of thiazole rings is 1. The second-order valence-corrected chi connectivity index (χ2v) is 10.0. The summed E-state index contributed by atoms with van der Waals surface area (Å²) in [5.74, 6) is 0.823. The second-order valence-electron chi connectivity index (χ2n) is 7.18.